The molecule has 0 saturated carbocycles. The van der Waals surface area contributed by atoms with E-state index >= 15 is 0 Å². The van der Waals surface area contributed by atoms with Crippen molar-refractivity contribution < 1.29 is 0 Å². The summed E-state index contributed by atoms with van der Waals surface area (Å²) in [5, 5.41) is 0. The molecule has 2 aliphatic heterocycles. The smallest absolute Gasteiger partial charge is 0.247 e. The number of rotatable bonds is 0. The van der Waals surface area contributed by atoms with Gasteiger partial charge in [-0.1, -0.05) is 42.7 Å². The van der Waals surface area contributed by atoms with E-state index in [0.717, 1.165) is 6.42 Å². The summed E-state index contributed by atoms with van der Waals surface area (Å²) in [4.78, 5) is 4.74. The second-order valence-electron chi connectivity index (χ2n) is 7.20. The van der Waals surface area contributed by atoms with Gasteiger partial charge in [-0.15, -0.1) is 0 Å². The van der Waals surface area contributed by atoms with Crippen molar-refractivity contribution in [3.63, 3.8) is 0 Å². The van der Waals surface area contributed by atoms with Crippen LogP contribution in [0.25, 0.3) is 0 Å². The van der Waals surface area contributed by atoms with Gasteiger partial charge >= 0.3 is 0 Å². The van der Waals surface area contributed by atoms with Gasteiger partial charge in [0.2, 0.25) is 6.71 Å². The molecule has 5 rings (SSSR count). The maximum atomic E-state index is 2.39. The summed E-state index contributed by atoms with van der Waals surface area (Å²) >= 11 is 0. The van der Waals surface area contributed by atoms with Crippen molar-refractivity contribution in [2.24, 2.45) is 5.92 Å². The van der Waals surface area contributed by atoms with Crippen molar-refractivity contribution in [1.29, 1.82) is 0 Å². The number of fused-ring (bicyclic) bond motifs is 3. The van der Waals surface area contributed by atoms with Gasteiger partial charge in [0, 0.05) is 36.9 Å². The van der Waals surface area contributed by atoms with E-state index < -0.39 is 0 Å². The fourth-order valence-corrected chi connectivity index (χ4v) is 4.79. The summed E-state index contributed by atoms with van der Waals surface area (Å²) in [6, 6.07) is 15.6. The van der Waals surface area contributed by atoms with E-state index in [1.54, 1.807) is 5.47 Å². The van der Waals surface area contributed by atoms with Gasteiger partial charge in [0.25, 0.3) is 0 Å². The highest BCUT2D eigenvalue weighted by Gasteiger charge is 2.43. The van der Waals surface area contributed by atoms with Crippen molar-refractivity contribution >= 4 is 34.7 Å². The first-order valence-electron chi connectivity index (χ1n) is 8.78. The summed E-state index contributed by atoms with van der Waals surface area (Å²) in [5.41, 5.74) is 9.92. The van der Waals surface area contributed by atoms with Gasteiger partial charge in [-0.2, -0.15) is 0 Å². The molecule has 2 nitrogen and oxygen atoms in total. The SMILES string of the molecule is CC1CC=CC2=C1B1c3ccccc3N(C)c3cccc(c31)N2C. The monoisotopic (exact) mass is 312 g/mol. The van der Waals surface area contributed by atoms with Gasteiger partial charge < -0.3 is 9.80 Å². The Morgan fingerprint density at radius 3 is 2.46 bits per heavy atom. The normalized spacial score (nSPS) is 20.8. The minimum Gasteiger partial charge on any atom is -0.346 e. The van der Waals surface area contributed by atoms with Gasteiger partial charge in [0.15, 0.2) is 0 Å². The highest BCUT2D eigenvalue weighted by Crippen LogP contribution is 2.40. The van der Waals surface area contributed by atoms with Crippen molar-refractivity contribution in [2.75, 3.05) is 23.9 Å². The van der Waals surface area contributed by atoms with Crippen LogP contribution < -0.4 is 20.7 Å². The summed E-state index contributed by atoms with van der Waals surface area (Å²) in [6.07, 6.45) is 5.79. The Kier molecular flexibility index (Phi) is 2.79. The molecule has 2 heterocycles. The molecular formula is C21H21BN2. The third kappa shape index (κ3) is 1.62. The summed E-state index contributed by atoms with van der Waals surface area (Å²) < 4.78 is 0. The predicted octanol–water partition coefficient (Wildman–Crippen LogP) is 3.22. The molecule has 0 fully saturated rings. The number of hydrogen-bond acceptors (Lipinski definition) is 2. The second kappa shape index (κ2) is 4.79. The summed E-state index contributed by atoms with van der Waals surface area (Å²) in [5.74, 6) is 0.579. The molecule has 0 amide bonds. The number of para-hydroxylation sites is 1. The molecule has 0 saturated heterocycles. The standard InChI is InChI=1S/C21H21BN2/c1-14-8-6-11-17-20(14)22-15-9-4-5-10-16(15)23(2)18-12-7-13-19(21(18)22)24(17)3/h4-7,9-14H,8H2,1-3H3. The van der Waals surface area contributed by atoms with Crippen LogP contribution in [-0.4, -0.2) is 20.8 Å². The van der Waals surface area contributed by atoms with Crippen LogP contribution in [0.3, 0.4) is 0 Å². The molecule has 1 atom stereocenters. The lowest BCUT2D eigenvalue weighted by atomic mass is 9.31. The molecular weight excluding hydrogens is 291 g/mol. The number of anilines is 3. The van der Waals surface area contributed by atoms with Crippen LogP contribution in [0.5, 0.6) is 0 Å². The number of allylic oxidation sites excluding steroid dienone is 3. The van der Waals surface area contributed by atoms with E-state index in [2.05, 4.69) is 85.4 Å². The number of hydrogen-bond donors (Lipinski definition) is 0. The average molecular weight is 312 g/mol. The first kappa shape index (κ1) is 14.0. The Bertz CT molecular complexity index is 912. The van der Waals surface area contributed by atoms with Gasteiger partial charge in [0.1, 0.15) is 0 Å². The Morgan fingerprint density at radius 2 is 1.62 bits per heavy atom. The highest BCUT2D eigenvalue weighted by molar-refractivity contribution is 6.95. The van der Waals surface area contributed by atoms with Crippen LogP contribution in [0.4, 0.5) is 17.1 Å². The van der Waals surface area contributed by atoms with Crippen molar-refractivity contribution in [2.45, 2.75) is 13.3 Å². The summed E-state index contributed by atoms with van der Waals surface area (Å²) in [6.45, 7) is 2.76. The molecule has 24 heavy (non-hydrogen) atoms. The van der Waals surface area contributed by atoms with Crippen LogP contribution in [-0.2, 0) is 0 Å². The molecule has 118 valence electrons. The molecule has 0 spiro atoms. The first-order chi connectivity index (χ1) is 11.7. The van der Waals surface area contributed by atoms with E-state index in [4.69, 9.17) is 0 Å². The molecule has 1 aliphatic carbocycles. The Balaban J connectivity index is 1.89. The predicted molar refractivity (Wildman–Crippen MR) is 104 cm³/mol. The van der Waals surface area contributed by atoms with Crippen LogP contribution in [0.15, 0.2) is 65.8 Å². The van der Waals surface area contributed by atoms with E-state index in [-0.39, 0.29) is 0 Å². The van der Waals surface area contributed by atoms with Crippen molar-refractivity contribution in [3.05, 3.63) is 65.8 Å². The third-order valence-electron chi connectivity index (χ3n) is 5.94. The molecule has 0 N–H and O–H groups in total. The quantitative estimate of drug-likeness (QED) is 0.689. The topological polar surface area (TPSA) is 6.48 Å². The van der Waals surface area contributed by atoms with Gasteiger partial charge in [-0.25, -0.2) is 0 Å². The van der Waals surface area contributed by atoms with E-state index in [9.17, 15) is 0 Å². The molecule has 0 bridgehead atoms. The number of likely N-dealkylation sites (N-methyl/N-ethyl adjacent to an activating group) is 1. The fraction of sp³-hybridized carbons (Fsp3) is 0.238. The highest BCUT2D eigenvalue weighted by atomic mass is 15.1. The van der Waals surface area contributed by atoms with E-state index in [1.165, 1.54) is 33.7 Å². The lowest BCUT2D eigenvalue weighted by Gasteiger charge is -2.44. The Labute approximate surface area is 144 Å². The van der Waals surface area contributed by atoms with Crippen LogP contribution in [0, 0.1) is 5.92 Å². The fourth-order valence-electron chi connectivity index (χ4n) is 4.79. The lowest BCUT2D eigenvalue weighted by molar-refractivity contribution is 0.703. The lowest BCUT2D eigenvalue weighted by Crippen LogP contribution is -2.57. The molecule has 0 radical (unpaired) electrons. The largest absolute Gasteiger partial charge is 0.346 e. The minimum atomic E-state index is 0.384. The zero-order chi connectivity index (χ0) is 16.4. The zero-order valence-electron chi connectivity index (χ0n) is 14.5. The van der Waals surface area contributed by atoms with Crippen LogP contribution in [0.2, 0.25) is 0 Å². The Morgan fingerprint density at radius 1 is 0.917 bits per heavy atom. The molecule has 2 aromatic rings. The van der Waals surface area contributed by atoms with E-state index in [1.807, 2.05) is 0 Å². The van der Waals surface area contributed by atoms with Gasteiger partial charge in [-0.05, 0) is 47.5 Å². The molecule has 2 aromatic carbocycles. The van der Waals surface area contributed by atoms with Crippen LogP contribution in [0.1, 0.15) is 13.3 Å². The minimum absolute atomic E-state index is 0.384. The average Bonchev–Trinajstić information content (AvgIpc) is 2.61. The molecule has 0 aromatic heterocycles. The molecule has 1 unspecified atom stereocenters. The second-order valence-corrected chi connectivity index (χ2v) is 7.20. The summed E-state index contributed by atoms with van der Waals surface area (Å²) in [7, 11) is 4.41. The maximum absolute atomic E-state index is 2.39. The molecule has 3 heteroatoms. The number of nitrogens with zero attached hydrogens (tertiary/aromatic N) is 2. The van der Waals surface area contributed by atoms with Gasteiger partial charge in [-0.3, -0.25) is 0 Å². The van der Waals surface area contributed by atoms with E-state index in [0.29, 0.717) is 12.6 Å². The van der Waals surface area contributed by atoms with Gasteiger partial charge in [0.05, 0.1) is 0 Å². The Hall–Kier alpha value is -2.42. The van der Waals surface area contributed by atoms with Crippen molar-refractivity contribution in [1.82, 2.24) is 0 Å². The van der Waals surface area contributed by atoms with Crippen LogP contribution >= 0.6 is 0 Å². The zero-order valence-corrected chi connectivity index (χ0v) is 14.5. The van der Waals surface area contributed by atoms with Crippen molar-refractivity contribution in [3.8, 4) is 0 Å². The third-order valence-corrected chi connectivity index (χ3v) is 5.94. The first-order valence-corrected chi connectivity index (χ1v) is 8.78. The number of benzene rings is 2. The molecule has 3 aliphatic rings. The maximum Gasteiger partial charge on any atom is 0.247 e.